The minimum absolute atomic E-state index is 0.0319. The van der Waals surface area contributed by atoms with Crippen molar-refractivity contribution in [3.8, 4) is 0 Å². The first-order valence-corrected chi connectivity index (χ1v) is 9.67. The Morgan fingerprint density at radius 3 is 2.89 bits per heavy atom. The molecule has 8 nitrogen and oxygen atoms in total. The lowest BCUT2D eigenvalue weighted by Crippen LogP contribution is -2.40. The maximum atomic E-state index is 12.6. The fourth-order valence-corrected chi connectivity index (χ4v) is 3.61. The molecule has 2 aromatic heterocycles. The van der Waals surface area contributed by atoms with Crippen LogP contribution in [0.2, 0.25) is 0 Å². The van der Waals surface area contributed by atoms with E-state index in [9.17, 15) is 14.4 Å². The summed E-state index contributed by atoms with van der Waals surface area (Å²) in [6.07, 6.45) is 9.77. The number of likely N-dealkylation sites (tertiary alicyclic amines) is 1. The van der Waals surface area contributed by atoms with E-state index >= 15 is 0 Å². The molecule has 1 atom stereocenters. The van der Waals surface area contributed by atoms with Gasteiger partial charge < -0.3 is 14.0 Å². The molecule has 1 fully saturated rings. The molecule has 0 saturated carbocycles. The first kappa shape index (κ1) is 19.1. The number of carbonyl (C=O) groups is 1. The van der Waals surface area contributed by atoms with Crippen LogP contribution >= 0.6 is 0 Å². The number of imidazole rings is 1. The monoisotopic (exact) mass is 373 g/mol. The highest BCUT2D eigenvalue weighted by Gasteiger charge is 2.27. The van der Waals surface area contributed by atoms with Crippen molar-refractivity contribution in [3.05, 3.63) is 51.3 Å². The van der Waals surface area contributed by atoms with E-state index in [0.717, 1.165) is 44.6 Å². The number of hydrogen-bond donors (Lipinski definition) is 1. The first-order valence-electron chi connectivity index (χ1n) is 9.67. The highest BCUT2D eigenvalue weighted by atomic mass is 16.2. The SMILES string of the molecule is CCCCn1ccnc1[C@H]1CCCN(C(=O)CCn2ccc(=O)[nH]c2=O)C1. The Bertz CT molecular complexity index is 882. The molecular weight excluding hydrogens is 346 g/mol. The summed E-state index contributed by atoms with van der Waals surface area (Å²) in [6, 6.07) is 1.29. The van der Waals surface area contributed by atoms with Gasteiger partial charge in [0.05, 0.1) is 0 Å². The van der Waals surface area contributed by atoms with Crippen LogP contribution in [0.25, 0.3) is 0 Å². The molecule has 2 aromatic rings. The number of H-pyrrole nitrogens is 1. The van der Waals surface area contributed by atoms with E-state index in [4.69, 9.17) is 0 Å². The number of amides is 1. The molecule has 1 N–H and O–H groups in total. The minimum atomic E-state index is -0.482. The second-order valence-corrected chi connectivity index (χ2v) is 7.06. The maximum absolute atomic E-state index is 12.6. The molecule has 146 valence electrons. The van der Waals surface area contributed by atoms with Crippen molar-refractivity contribution in [1.82, 2.24) is 24.0 Å². The number of aromatic nitrogens is 4. The van der Waals surface area contributed by atoms with Crippen molar-refractivity contribution in [3.63, 3.8) is 0 Å². The Kier molecular flexibility index (Phi) is 6.26. The van der Waals surface area contributed by atoms with Crippen LogP contribution in [0.5, 0.6) is 0 Å². The molecule has 1 aliphatic heterocycles. The number of hydrogen-bond acceptors (Lipinski definition) is 4. The van der Waals surface area contributed by atoms with E-state index < -0.39 is 11.2 Å². The lowest BCUT2D eigenvalue weighted by molar-refractivity contribution is -0.132. The van der Waals surface area contributed by atoms with Crippen LogP contribution in [-0.2, 0) is 17.9 Å². The highest BCUT2D eigenvalue weighted by molar-refractivity contribution is 5.76. The van der Waals surface area contributed by atoms with Crippen molar-refractivity contribution in [1.29, 1.82) is 0 Å². The zero-order valence-corrected chi connectivity index (χ0v) is 15.8. The topological polar surface area (TPSA) is 93.0 Å². The predicted molar refractivity (Wildman–Crippen MR) is 102 cm³/mol. The Morgan fingerprint density at radius 1 is 1.26 bits per heavy atom. The van der Waals surface area contributed by atoms with Gasteiger partial charge in [0.25, 0.3) is 5.56 Å². The van der Waals surface area contributed by atoms with Crippen LogP contribution in [0.3, 0.4) is 0 Å². The lowest BCUT2D eigenvalue weighted by atomic mass is 9.96. The molecule has 0 bridgehead atoms. The van der Waals surface area contributed by atoms with Crippen LogP contribution in [-0.4, -0.2) is 43.0 Å². The fourth-order valence-electron chi connectivity index (χ4n) is 3.61. The average Bonchev–Trinajstić information content (AvgIpc) is 3.14. The summed E-state index contributed by atoms with van der Waals surface area (Å²) in [5.41, 5.74) is -0.912. The maximum Gasteiger partial charge on any atom is 0.328 e. The van der Waals surface area contributed by atoms with Crippen molar-refractivity contribution in [2.75, 3.05) is 13.1 Å². The summed E-state index contributed by atoms with van der Waals surface area (Å²) in [5.74, 6) is 1.35. The van der Waals surface area contributed by atoms with Gasteiger partial charge >= 0.3 is 5.69 Å². The molecule has 27 heavy (non-hydrogen) atoms. The number of unbranched alkanes of at least 4 members (excludes halogenated alkanes) is 1. The largest absolute Gasteiger partial charge is 0.342 e. The summed E-state index contributed by atoms with van der Waals surface area (Å²) in [6.45, 7) is 4.81. The second-order valence-electron chi connectivity index (χ2n) is 7.06. The molecule has 0 unspecified atom stereocenters. The van der Waals surface area contributed by atoms with Crippen LogP contribution in [0.4, 0.5) is 0 Å². The van der Waals surface area contributed by atoms with E-state index in [0.29, 0.717) is 6.54 Å². The van der Waals surface area contributed by atoms with Gasteiger partial charge in [0.2, 0.25) is 5.91 Å². The van der Waals surface area contributed by atoms with Gasteiger partial charge in [-0.15, -0.1) is 0 Å². The molecule has 3 rings (SSSR count). The van der Waals surface area contributed by atoms with Gasteiger partial charge in [0.15, 0.2) is 0 Å². The highest BCUT2D eigenvalue weighted by Crippen LogP contribution is 2.26. The number of rotatable bonds is 7. The van der Waals surface area contributed by atoms with Crippen molar-refractivity contribution >= 4 is 5.91 Å². The molecule has 0 aromatic carbocycles. The number of nitrogens with zero attached hydrogens (tertiary/aromatic N) is 4. The predicted octanol–water partition coefficient (Wildman–Crippen LogP) is 1.33. The van der Waals surface area contributed by atoms with Gasteiger partial charge in [-0.2, -0.15) is 0 Å². The zero-order chi connectivity index (χ0) is 19.2. The molecule has 1 aliphatic rings. The molecule has 0 aliphatic carbocycles. The van der Waals surface area contributed by atoms with Gasteiger partial charge in [-0.25, -0.2) is 9.78 Å². The molecular formula is C19H27N5O3. The number of aryl methyl sites for hydroxylation is 2. The average molecular weight is 373 g/mol. The molecule has 0 radical (unpaired) electrons. The van der Waals surface area contributed by atoms with Crippen LogP contribution < -0.4 is 11.2 Å². The summed E-state index contributed by atoms with van der Waals surface area (Å²) in [4.78, 5) is 44.1. The lowest BCUT2D eigenvalue weighted by Gasteiger charge is -2.33. The van der Waals surface area contributed by atoms with Crippen molar-refractivity contribution < 1.29 is 4.79 Å². The number of piperidine rings is 1. The molecule has 1 amide bonds. The molecule has 1 saturated heterocycles. The summed E-state index contributed by atoms with van der Waals surface area (Å²) in [7, 11) is 0. The van der Waals surface area contributed by atoms with Crippen molar-refractivity contribution in [2.45, 2.75) is 58.0 Å². The van der Waals surface area contributed by atoms with E-state index in [2.05, 4.69) is 21.5 Å². The summed E-state index contributed by atoms with van der Waals surface area (Å²) >= 11 is 0. The fraction of sp³-hybridized carbons (Fsp3) is 0.579. The number of aromatic amines is 1. The van der Waals surface area contributed by atoms with Gasteiger partial charge in [-0.3, -0.25) is 14.6 Å². The number of nitrogens with one attached hydrogen (secondary N) is 1. The van der Waals surface area contributed by atoms with E-state index in [-0.39, 0.29) is 24.8 Å². The number of carbonyl (C=O) groups excluding carboxylic acids is 1. The van der Waals surface area contributed by atoms with Gasteiger partial charge in [0.1, 0.15) is 5.82 Å². The molecule has 0 spiro atoms. The summed E-state index contributed by atoms with van der Waals surface area (Å²) in [5, 5.41) is 0. The third kappa shape index (κ3) is 4.75. The summed E-state index contributed by atoms with van der Waals surface area (Å²) < 4.78 is 3.57. The Balaban J connectivity index is 1.60. The zero-order valence-electron chi connectivity index (χ0n) is 15.8. The third-order valence-corrected chi connectivity index (χ3v) is 5.10. The molecule has 3 heterocycles. The smallest absolute Gasteiger partial charge is 0.328 e. The first-order chi connectivity index (χ1) is 13.1. The van der Waals surface area contributed by atoms with Gasteiger partial charge in [-0.1, -0.05) is 13.3 Å². The minimum Gasteiger partial charge on any atom is -0.342 e. The van der Waals surface area contributed by atoms with Crippen LogP contribution in [0.15, 0.2) is 34.2 Å². The van der Waals surface area contributed by atoms with E-state index in [1.165, 1.54) is 16.8 Å². The Morgan fingerprint density at radius 2 is 2.11 bits per heavy atom. The van der Waals surface area contributed by atoms with Crippen LogP contribution in [0.1, 0.15) is 50.8 Å². The Labute approximate surface area is 157 Å². The van der Waals surface area contributed by atoms with Crippen molar-refractivity contribution in [2.24, 2.45) is 0 Å². The Hall–Kier alpha value is -2.64. The van der Waals surface area contributed by atoms with Gasteiger partial charge in [-0.05, 0) is 19.3 Å². The normalized spacial score (nSPS) is 17.2. The molecule has 8 heteroatoms. The van der Waals surface area contributed by atoms with Gasteiger partial charge in [0, 0.05) is 63.2 Å². The van der Waals surface area contributed by atoms with E-state index in [1.807, 2.05) is 17.3 Å². The quantitative estimate of drug-likeness (QED) is 0.792. The van der Waals surface area contributed by atoms with Crippen LogP contribution in [0, 0.1) is 0 Å². The third-order valence-electron chi connectivity index (χ3n) is 5.10. The second kappa shape index (κ2) is 8.83. The standard InChI is InChI=1S/C19H27N5O3/c1-2-3-9-22-13-8-20-18(22)15-5-4-10-24(14-15)17(26)7-12-23-11-6-16(25)21-19(23)27/h6,8,11,13,15H,2-5,7,9-10,12,14H2,1H3,(H,21,25,27)/t15-/m0/s1. The van der Waals surface area contributed by atoms with E-state index in [1.54, 1.807) is 0 Å².